The highest BCUT2D eigenvalue weighted by Crippen LogP contribution is 2.31. The molecule has 1 atom stereocenters. The van der Waals surface area contributed by atoms with E-state index < -0.39 is 35.2 Å². The van der Waals surface area contributed by atoms with Crippen molar-refractivity contribution in [2.75, 3.05) is 7.11 Å². The number of carboxylic acid groups (broad SMARTS) is 1. The van der Waals surface area contributed by atoms with Crippen LogP contribution >= 0.6 is 0 Å². The number of ether oxygens (including phenoxy) is 2. The molecule has 11 nitrogen and oxygen atoms in total. The van der Waals surface area contributed by atoms with Gasteiger partial charge in [-0.1, -0.05) is 37.1 Å². The van der Waals surface area contributed by atoms with Crippen LogP contribution in [-0.2, 0) is 27.8 Å². The van der Waals surface area contributed by atoms with Crippen molar-refractivity contribution in [3.63, 3.8) is 0 Å². The lowest BCUT2D eigenvalue weighted by atomic mass is 9.95. The molecular weight excluding hydrogens is 480 g/mol. The molecule has 0 aliphatic heterocycles. The van der Waals surface area contributed by atoms with Gasteiger partial charge in [-0.3, -0.25) is 9.59 Å². The lowest BCUT2D eigenvalue weighted by Gasteiger charge is -2.31. The summed E-state index contributed by atoms with van der Waals surface area (Å²) in [7, 11) is 2.98. The first-order chi connectivity index (χ1) is 17.3. The van der Waals surface area contributed by atoms with E-state index in [4.69, 9.17) is 9.47 Å². The molecule has 37 heavy (non-hydrogen) atoms. The van der Waals surface area contributed by atoms with Gasteiger partial charge >= 0.3 is 12.1 Å². The molecule has 3 N–H and O–H groups in total. The quantitative estimate of drug-likeness (QED) is 0.486. The van der Waals surface area contributed by atoms with Crippen LogP contribution in [0, 0.1) is 0 Å². The number of aromatic nitrogens is 2. The minimum absolute atomic E-state index is 0.00929. The predicted octanol–water partition coefficient (Wildman–Crippen LogP) is 2.41. The van der Waals surface area contributed by atoms with E-state index in [-0.39, 0.29) is 12.0 Å². The fourth-order valence-corrected chi connectivity index (χ4v) is 4.37. The summed E-state index contributed by atoms with van der Waals surface area (Å²) in [4.78, 5) is 50.3. The first-order valence-corrected chi connectivity index (χ1v) is 12.1. The van der Waals surface area contributed by atoms with E-state index >= 15 is 0 Å². The maximum atomic E-state index is 13.3. The first kappa shape index (κ1) is 27.7. The molecule has 1 aromatic carbocycles. The Labute approximate surface area is 215 Å². The third kappa shape index (κ3) is 6.66. The van der Waals surface area contributed by atoms with Crippen LogP contribution < -0.4 is 20.9 Å². The van der Waals surface area contributed by atoms with E-state index in [2.05, 4.69) is 15.7 Å². The summed E-state index contributed by atoms with van der Waals surface area (Å²) in [6.45, 7) is 5.17. The van der Waals surface area contributed by atoms with E-state index in [0.717, 1.165) is 12.8 Å². The highest BCUT2D eigenvalue weighted by molar-refractivity contribution is 5.93. The zero-order valence-electron chi connectivity index (χ0n) is 21.8. The van der Waals surface area contributed by atoms with Crippen LogP contribution in [0.4, 0.5) is 4.79 Å². The van der Waals surface area contributed by atoms with Gasteiger partial charge in [0, 0.05) is 13.5 Å². The number of aliphatic carboxylic acids is 1. The van der Waals surface area contributed by atoms with Crippen LogP contribution in [-0.4, -0.2) is 57.1 Å². The van der Waals surface area contributed by atoms with Crippen molar-refractivity contribution >= 4 is 18.0 Å². The topological polar surface area (TPSA) is 149 Å². The fraction of sp³-hybridized carbons (Fsp3) is 0.500. The van der Waals surface area contributed by atoms with E-state index in [9.17, 15) is 24.3 Å². The van der Waals surface area contributed by atoms with Crippen molar-refractivity contribution in [3.8, 4) is 16.9 Å². The van der Waals surface area contributed by atoms with Gasteiger partial charge in [-0.25, -0.2) is 14.3 Å². The number of nitrogens with zero attached hydrogens (tertiary/aromatic N) is 2. The Hall–Kier alpha value is -3.89. The summed E-state index contributed by atoms with van der Waals surface area (Å²) < 4.78 is 11.8. The number of carbonyl (C=O) groups excluding carboxylic acids is 2. The molecule has 3 rings (SSSR count). The van der Waals surface area contributed by atoms with E-state index in [0.29, 0.717) is 35.3 Å². The number of carboxylic acids is 1. The monoisotopic (exact) mass is 514 g/mol. The Morgan fingerprint density at radius 1 is 1.16 bits per heavy atom. The summed E-state index contributed by atoms with van der Waals surface area (Å²) in [5.41, 5.74) is -0.723. The normalized spacial score (nSPS) is 15.5. The van der Waals surface area contributed by atoms with E-state index in [1.54, 1.807) is 45.0 Å². The van der Waals surface area contributed by atoms with Gasteiger partial charge in [0.25, 0.3) is 5.56 Å². The Balaban J connectivity index is 1.77. The number of methoxy groups -OCH3 is 1. The molecular formula is C26H34N4O7. The summed E-state index contributed by atoms with van der Waals surface area (Å²) in [6.07, 6.45) is 2.97. The maximum absolute atomic E-state index is 13.3. The van der Waals surface area contributed by atoms with Crippen molar-refractivity contribution in [1.29, 1.82) is 0 Å². The number of hydrogen-bond acceptors (Lipinski definition) is 7. The summed E-state index contributed by atoms with van der Waals surface area (Å²) in [6, 6.07) is 5.55. The molecule has 0 spiro atoms. The number of alkyl carbamates (subject to hydrolysis) is 1. The maximum Gasteiger partial charge on any atom is 0.408 e. The van der Waals surface area contributed by atoms with Crippen LogP contribution in [0.1, 0.15) is 52.0 Å². The molecule has 1 aliphatic carbocycles. The van der Waals surface area contributed by atoms with Gasteiger partial charge in [0.1, 0.15) is 17.2 Å². The van der Waals surface area contributed by atoms with Crippen molar-refractivity contribution in [3.05, 3.63) is 46.4 Å². The molecule has 0 bridgehead atoms. The first-order valence-electron chi connectivity index (χ1n) is 12.1. The van der Waals surface area contributed by atoms with Crippen molar-refractivity contribution in [2.24, 2.45) is 7.05 Å². The van der Waals surface area contributed by atoms with Gasteiger partial charge < -0.3 is 25.2 Å². The molecule has 0 unspecified atom stereocenters. The zero-order chi connectivity index (χ0) is 27.4. The average molecular weight is 515 g/mol. The number of benzene rings is 1. The Morgan fingerprint density at radius 2 is 1.78 bits per heavy atom. The summed E-state index contributed by atoms with van der Waals surface area (Å²) in [5.74, 6) is -1.43. The molecule has 200 valence electrons. The highest BCUT2D eigenvalue weighted by Gasteiger charge is 2.44. The molecule has 1 saturated carbocycles. The molecule has 2 amide bonds. The van der Waals surface area contributed by atoms with Crippen LogP contribution in [0.2, 0.25) is 0 Å². The van der Waals surface area contributed by atoms with Gasteiger partial charge in [-0.15, -0.1) is 0 Å². The number of amides is 2. The lowest BCUT2D eigenvalue weighted by molar-refractivity contribution is -0.142. The molecule has 1 heterocycles. The molecule has 1 aromatic heterocycles. The molecule has 11 heteroatoms. The second-order valence-electron chi connectivity index (χ2n) is 10.2. The Bertz CT molecular complexity index is 1210. The van der Waals surface area contributed by atoms with E-state index in [1.165, 1.54) is 25.0 Å². The number of nitrogens with one attached hydrogen (secondary N) is 2. The standard InChI is InChI=1S/C26H34N4O7/c1-25(2,3)37-24(35)29-26(12-6-7-13-26)23(34)28-18(22(32)33)14-16-8-10-17(11-9-16)20-19(36-5)15-27-30(4)21(20)31/h8-11,15,18H,6-7,12-14H2,1-5H3,(H,28,34)(H,29,35)(H,32,33)/t18-/m0/s1. The summed E-state index contributed by atoms with van der Waals surface area (Å²) in [5, 5.41) is 19.1. The number of hydrogen-bond donors (Lipinski definition) is 3. The smallest absolute Gasteiger partial charge is 0.408 e. The van der Waals surface area contributed by atoms with Gasteiger partial charge in [0.2, 0.25) is 5.91 Å². The van der Waals surface area contributed by atoms with Gasteiger partial charge in [-0.05, 0) is 44.7 Å². The molecule has 0 saturated heterocycles. The fourth-order valence-electron chi connectivity index (χ4n) is 4.37. The van der Waals surface area contributed by atoms with Crippen LogP contribution in [0.15, 0.2) is 35.3 Å². The molecule has 1 fully saturated rings. The Kier molecular flexibility index (Phi) is 8.25. The molecule has 1 aliphatic rings. The average Bonchev–Trinajstić information content (AvgIpc) is 3.29. The number of carbonyl (C=O) groups is 3. The third-order valence-corrected chi connectivity index (χ3v) is 6.24. The van der Waals surface area contributed by atoms with Crippen LogP contribution in [0.3, 0.4) is 0 Å². The lowest BCUT2D eigenvalue weighted by Crippen LogP contribution is -2.60. The van der Waals surface area contributed by atoms with Crippen molar-refractivity contribution < 1.29 is 29.0 Å². The second-order valence-corrected chi connectivity index (χ2v) is 10.2. The largest absolute Gasteiger partial charge is 0.494 e. The summed E-state index contributed by atoms with van der Waals surface area (Å²) >= 11 is 0. The van der Waals surface area contributed by atoms with Gasteiger partial charge in [-0.2, -0.15) is 5.10 Å². The number of rotatable bonds is 8. The minimum Gasteiger partial charge on any atom is -0.494 e. The van der Waals surface area contributed by atoms with E-state index in [1.807, 2.05) is 0 Å². The minimum atomic E-state index is -1.22. The molecule has 2 aromatic rings. The second kappa shape index (κ2) is 11.0. The van der Waals surface area contributed by atoms with Crippen LogP contribution in [0.5, 0.6) is 5.75 Å². The van der Waals surface area contributed by atoms with Gasteiger partial charge in [0.15, 0.2) is 5.75 Å². The highest BCUT2D eigenvalue weighted by atomic mass is 16.6. The zero-order valence-corrected chi connectivity index (χ0v) is 21.8. The van der Waals surface area contributed by atoms with Crippen molar-refractivity contribution in [2.45, 2.75) is 70.1 Å². The molecule has 0 radical (unpaired) electrons. The van der Waals surface area contributed by atoms with Gasteiger partial charge in [0.05, 0.1) is 18.9 Å². The third-order valence-electron chi connectivity index (χ3n) is 6.24. The number of aryl methyl sites for hydroxylation is 1. The van der Waals surface area contributed by atoms with Crippen molar-refractivity contribution in [1.82, 2.24) is 20.4 Å². The Morgan fingerprint density at radius 3 is 2.32 bits per heavy atom. The predicted molar refractivity (Wildman–Crippen MR) is 135 cm³/mol. The van der Waals surface area contributed by atoms with Crippen LogP contribution in [0.25, 0.3) is 11.1 Å². The SMILES string of the molecule is COc1cnn(C)c(=O)c1-c1ccc(C[C@H](NC(=O)C2(NC(=O)OC(C)(C)C)CCCC2)C(=O)O)cc1.